The number of hydrogen-bond donors (Lipinski definition) is 4. The van der Waals surface area contributed by atoms with Crippen molar-refractivity contribution in [1.29, 1.82) is 0 Å². The van der Waals surface area contributed by atoms with Crippen molar-refractivity contribution in [2.75, 3.05) is 5.32 Å². The summed E-state index contributed by atoms with van der Waals surface area (Å²) in [6, 6.07) is 44.2. The third-order valence-corrected chi connectivity index (χ3v) is 10.3. The molecule has 6 rings (SSSR count). The van der Waals surface area contributed by atoms with Gasteiger partial charge in [-0.05, 0) is 83.2 Å². The molecule has 0 aliphatic rings. The van der Waals surface area contributed by atoms with Crippen LogP contribution in [0.4, 0.5) is 5.69 Å². The maximum absolute atomic E-state index is 6.60. The van der Waals surface area contributed by atoms with E-state index in [-0.39, 0.29) is 18.4 Å². The number of anilines is 1. The van der Waals surface area contributed by atoms with Gasteiger partial charge in [0.25, 0.3) is 0 Å². The molecule has 0 aliphatic heterocycles. The van der Waals surface area contributed by atoms with E-state index in [1.54, 1.807) is 0 Å². The zero-order valence-electron chi connectivity index (χ0n) is 29.8. The molecule has 260 valence electrons. The van der Waals surface area contributed by atoms with E-state index in [0.717, 1.165) is 39.1 Å². The fourth-order valence-corrected chi connectivity index (χ4v) is 7.36. The third kappa shape index (κ3) is 9.02. The first-order valence-corrected chi connectivity index (χ1v) is 18.4. The molecule has 0 bridgehead atoms. The summed E-state index contributed by atoms with van der Waals surface area (Å²) in [5, 5.41) is 13.4. The molecule has 0 fully saturated rings. The van der Waals surface area contributed by atoms with E-state index in [9.17, 15) is 0 Å². The monoisotopic (exact) mass is 698 g/mol. The van der Waals surface area contributed by atoms with E-state index in [2.05, 4.69) is 139 Å². The van der Waals surface area contributed by atoms with Crippen LogP contribution in [-0.4, -0.2) is 0 Å². The molecule has 0 aliphatic carbocycles. The second kappa shape index (κ2) is 17.6. The molecule has 52 heavy (non-hydrogen) atoms. The highest BCUT2D eigenvalue weighted by molar-refractivity contribution is 7.26. The summed E-state index contributed by atoms with van der Waals surface area (Å²) < 4.78 is 2.53. The molecule has 0 radical (unpaired) electrons. The molecule has 1 heterocycles. The number of fused-ring (bicyclic) bond motifs is 3. The maximum atomic E-state index is 6.60. The van der Waals surface area contributed by atoms with Crippen molar-refractivity contribution in [2.24, 2.45) is 5.73 Å². The van der Waals surface area contributed by atoms with E-state index >= 15 is 0 Å². The fourth-order valence-electron chi connectivity index (χ4n) is 6.12. The van der Waals surface area contributed by atoms with Crippen LogP contribution in [0.2, 0.25) is 0 Å². The van der Waals surface area contributed by atoms with Gasteiger partial charge in [-0.15, -0.1) is 11.3 Å². The van der Waals surface area contributed by atoms with Crippen molar-refractivity contribution in [3.05, 3.63) is 217 Å². The molecule has 4 nitrogen and oxygen atoms in total. The van der Waals surface area contributed by atoms with Crippen molar-refractivity contribution >= 4 is 42.8 Å². The Morgan fingerprint density at radius 1 is 0.673 bits per heavy atom. The Labute approximate surface area is 312 Å². The Kier molecular flexibility index (Phi) is 12.3. The first-order chi connectivity index (χ1) is 25.4. The predicted molar refractivity (Wildman–Crippen MR) is 226 cm³/mol. The molecule has 0 saturated carbocycles. The van der Waals surface area contributed by atoms with Crippen LogP contribution in [0, 0.1) is 0 Å². The number of allylic oxidation sites excluding steroid dienone is 9. The molecule has 5 N–H and O–H groups in total. The number of nitrogens with one attached hydrogen (secondary N) is 3. The molecule has 0 amide bonds. The normalized spacial score (nSPS) is 14.0. The number of rotatable bonds is 15. The maximum Gasteiger partial charge on any atom is 0.0854 e. The number of hydrogen-bond acceptors (Lipinski definition) is 5. The molecule has 3 atom stereocenters. The van der Waals surface area contributed by atoms with Crippen LogP contribution in [-0.2, 0) is 0 Å². The van der Waals surface area contributed by atoms with Crippen LogP contribution in [0.25, 0.3) is 25.7 Å². The van der Waals surface area contributed by atoms with Gasteiger partial charge in [0, 0.05) is 38.1 Å². The van der Waals surface area contributed by atoms with Crippen LogP contribution < -0.4 is 21.7 Å². The summed E-state index contributed by atoms with van der Waals surface area (Å²) >= 11 is 1.82. The molecular formula is C47H46N4S. The largest absolute Gasteiger partial charge is 0.362 e. The lowest BCUT2D eigenvalue weighted by Gasteiger charge is -2.28. The predicted octanol–water partition coefficient (Wildman–Crippen LogP) is 11.9. The van der Waals surface area contributed by atoms with E-state index in [1.807, 2.05) is 85.2 Å². The fraction of sp³-hybridized carbons (Fsp3) is 0.106. The molecule has 0 spiro atoms. The number of benzene rings is 5. The van der Waals surface area contributed by atoms with Gasteiger partial charge in [-0.1, -0.05) is 147 Å². The second-order valence-electron chi connectivity index (χ2n) is 12.7. The third-order valence-electron chi connectivity index (χ3n) is 9.04. The highest BCUT2D eigenvalue weighted by Crippen LogP contribution is 2.39. The first-order valence-electron chi connectivity index (χ1n) is 17.6. The molecule has 1 aromatic heterocycles. The topological polar surface area (TPSA) is 62.1 Å². The van der Waals surface area contributed by atoms with Gasteiger partial charge in [-0.2, -0.15) is 0 Å². The summed E-state index contributed by atoms with van der Waals surface area (Å²) in [5.41, 5.74) is 14.9. The van der Waals surface area contributed by atoms with Crippen molar-refractivity contribution in [1.82, 2.24) is 10.6 Å². The Hall–Kier alpha value is -5.56. The summed E-state index contributed by atoms with van der Waals surface area (Å²) in [5.74, 6) is 0. The van der Waals surface area contributed by atoms with Crippen LogP contribution in [0.5, 0.6) is 0 Å². The zero-order valence-corrected chi connectivity index (χ0v) is 30.6. The Balaban J connectivity index is 1.20. The Morgan fingerprint density at radius 2 is 1.35 bits per heavy atom. The minimum absolute atomic E-state index is 0.0579. The lowest BCUT2D eigenvalue weighted by molar-refractivity contribution is 0.356. The summed E-state index contributed by atoms with van der Waals surface area (Å²) in [6.45, 7) is 12.8. The van der Waals surface area contributed by atoms with Gasteiger partial charge >= 0.3 is 0 Å². The summed E-state index contributed by atoms with van der Waals surface area (Å²) in [7, 11) is 0. The second-order valence-corrected chi connectivity index (χ2v) is 13.8. The van der Waals surface area contributed by atoms with E-state index < -0.39 is 0 Å². The van der Waals surface area contributed by atoms with Crippen molar-refractivity contribution in [3.63, 3.8) is 0 Å². The van der Waals surface area contributed by atoms with E-state index in [4.69, 9.17) is 5.73 Å². The Morgan fingerprint density at radius 3 is 2.08 bits per heavy atom. The molecule has 5 heteroatoms. The SMILES string of the molecule is C=C(/C=C\C=C/C)C(=C)/C=C(\C=C/Nc1ccc(C(C)NC(NC(N)c2ccccc2)c2ccccc2)cc1)c1cccc2c1sc1ccccc12. The van der Waals surface area contributed by atoms with E-state index in [1.165, 1.54) is 25.7 Å². The molecule has 5 aromatic carbocycles. The zero-order chi connectivity index (χ0) is 36.3. The summed E-state index contributed by atoms with van der Waals surface area (Å²) in [6.07, 6.45) is 13.7. The molecule has 6 aromatic rings. The lowest BCUT2D eigenvalue weighted by atomic mass is 9.98. The van der Waals surface area contributed by atoms with Gasteiger partial charge < -0.3 is 11.1 Å². The Bertz CT molecular complexity index is 2240. The average molecular weight is 699 g/mol. The van der Waals surface area contributed by atoms with Gasteiger partial charge in [0.05, 0.1) is 12.3 Å². The van der Waals surface area contributed by atoms with Gasteiger partial charge in [-0.3, -0.25) is 10.6 Å². The van der Waals surface area contributed by atoms with Crippen LogP contribution in [0.1, 0.15) is 54.5 Å². The van der Waals surface area contributed by atoms with Crippen LogP contribution in [0.3, 0.4) is 0 Å². The minimum Gasteiger partial charge on any atom is -0.362 e. The average Bonchev–Trinajstić information content (AvgIpc) is 3.57. The van der Waals surface area contributed by atoms with Crippen molar-refractivity contribution in [3.8, 4) is 0 Å². The standard InChI is InChI=1S/C47H46N4S/c1-5-6-9-17-33(2)34(3)32-39(41-23-16-24-43-42-22-14-15-25-44(42)52-45(41)43)30-31-49-40-28-26-36(27-29-40)35(4)50-47(38-20-12-8-13-21-38)51-46(48)37-18-10-7-11-19-37/h5-32,35,46-47,49-51H,2-3,48H2,1,4H3/b6-5-,17-9-,31-30-,39-32+. The van der Waals surface area contributed by atoms with Gasteiger partial charge in [0.15, 0.2) is 0 Å². The van der Waals surface area contributed by atoms with Crippen LogP contribution >= 0.6 is 11.3 Å². The van der Waals surface area contributed by atoms with Gasteiger partial charge in [-0.25, -0.2) is 0 Å². The lowest BCUT2D eigenvalue weighted by Crippen LogP contribution is -2.40. The summed E-state index contributed by atoms with van der Waals surface area (Å²) in [4.78, 5) is 0. The number of nitrogens with two attached hydrogens (primary N) is 1. The smallest absolute Gasteiger partial charge is 0.0854 e. The van der Waals surface area contributed by atoms with Crippen molar-refractivity contribution in [2.45, 2.75) is 32.2 Å². The quantitative estimate of drug-likeness (QED) is 0.0637. The van der Waals surface area contributed by atoms with Crippen LogP contribution in [0.15, 0.2) is 194 Å². The van der Waals surface area contributed by atoms with Gasteiger partial charge in [0.1, 0.15) is 0 Å². The molecule has 3 unspecified atom stereocenters. The first kappa shape index (κ1) is 36.2. The van der Waals surface area contributed by atoms with E-state index in [0.29, 0.717) is 0 Å². The molecular weight excluding hydrogens is 653 g/mol. The van der Waals surface area contributed by atoms with Gasteiger partial charge in [0.2, 0.25) is 0 Å². The highest BCUT2D eigenvalue weighted by atomic mass is 32.1. The highest BCUT2D eigenvalue weighted by Gasteiger charge is 2.19. The van der Waals surface area contributed by atoms with Crippen molar-refractivity contribution < 1.29 is 0 Å². The molecule has 0 saturated heterocycles. The number of thiophene rings is 1. The minimum atomic E-state index is -0.320.